The summed E-state index contributed by atoms with van der Waals surface area (Å²) in [7, 11) is 1.58. The van der Waals surface area contributed by atoms with Gasteiger partial charge in [-0.1, -0.05) is 6.92 Å². The van der Waals surface area contributed by atoms with Crippen molar-refractivity contribution < 1.29 is 9.66 Å². The van der Waals surface area contributed by atoms with E-state index < -0.39 is 4.92 Å². The van der Waals surface area contributed by atoms with E-state index in [1.54, 1.807) is 11.8 Å². The van der Waals surface area contributed by atoms with Crippen LogP contribution in [-0.4, -0.2) is 28.4 Å². The molecule has 0 aliphatic rings. The third-order valence-corrected chi connectivity index (χ3v) is 1.87. The van der Waals surface area contributed by atoms with E-state index in [2.05, 4.69) is 5.10 Å². The van der Waals surface area contributed by atoms with Crippen LogP contribution >= 0.6 is 0 Å². The normalized spacial score (nSPS) is 10.4. The zero-order valence-electron chi connectivity index (χ0n) is 8.27. The topological polar surface area (TPSA) is 70.2 Å². The Balaban J connectivity index is 2.83. The van der Waals surface area contributed by atoms with E-state index >= 15 is 0 Å². The van der Waals surface area contributed by atoms with Crippen LogP contribution in [0.25, 0.3) is 0 Å². The summed E-state index contributed by atoms with van der Waals surface area (Å²) < 4.78 is 6.40. The molecule has 1 aromatic heterocycles. The van der Waals surface area contributed by atoms with Crippen LogP contribution in [0.1, 0.15) is 12.6 Å². The largest absolute Gasteiger partial charge is 0.383 e. The first-order chi connectivity index (χ1) is 6.69. The summed E-state index contributed by atoms with van der Waals surface area (Å²) in [6, 6.07) is 0. The summed E-state index contributed by atoms with van der Waals surface area (Å²) in [5.41, 5.74) is 0.606. The van der Waals surface area contributed by atoms with E-state index in [1.807, 2.05) is 6.92 Å². The molecule has 6 nitrogen and oxygen atoms in total. The van der Waals surface area contributed by atoms with Crippen LogP contribution in [0.3, 0.4) is 0 Å². The lowest BCUT2D eigenvalue weighted by Gasteiger charge is -1.97. The maximum Gasteiger partial charge on any atom is 0.310 e. The highest BCUT2D eigenvalue weighted by Gasteiger charge is 2.16. The maximum absolute atomic E-state index is 10.6. The minimum absolute atomic E-state index is 0.0867. The van der Waals surface area contributed by atoms with Crippen molar-refractivity contribution >= 4 is 5.69 Å². The van der Waals surface area contributed by atoms with Gasteiger partial charge in [-0.2, -0.15) is 5.10 Å². The molecule has 0 bridgehead atoms. The zero-order chi connectivity index (χ0) is 10.6. The van der Waals surface area contributed by atoms with Gasteiger partial charge in [0, 0.05) is 7.11 Å². The molecular weight excluding hydrogens is 186 g/mol. The van der Waals surface area contributed by atoms with Crippen molar-refractivity contribution in [1.82, 2.24) is 9.78 Å². The van der Waals surface area contributed by atoms with Crippen LogP contribution in [-0.2, 0) is 17.7 Å². The molecule has 0 saturated carbocycles. The first kappa shape index (κ1) is 10.6. The van der Waals surface area contributed by atoms with E-state index in [1.165, 1.54) is 6.20 Å². The predicted molar refractivity (Wildman–Crippen MR) is 50.1 cm³/mol. The molecule has 0 spiro atoms. The van der Waals surface area contributed by atoms with Gasteiger partial charge >= 0.3 is 5.69 Å². The van der Waals surface area contributed by atoms with E-state index in [4.69, 9.17) is 4.74 Å². The fourth-order valence-corrected chi connectivity index (χ4v) is 1.15. The van der Waals surface area contributed by atoms with Gasteiger partial charge < -0.3 is 4.74 Å². The Hall–Kier alpha value is -1.43. The Labute approximate surface area is 81.6 Å². The first-order valence-electron chi connectivity index (χ1n) is 4.38. The van der Waals surface area contributed by atoms with Crippen molar-refractivity contribution in [2.24, 2.45) is 0 Å². The van der Waals surface area contributed by atoms with Crippen LogP contribution in [0, 0.1) is 10.1 Å². The van der Waals surface area contributed by atoms with Crippen LogP contribution in [0.5, 0.6) is 0 Å². The van der Waals surface area contributed by atoms with Gasteiger partial charge in [-0.05, 0) is 6.42 Å². The van der Waals surface area contributed by atoms with Gasteiger partial charge in [-0.25, -0.2) is 0 Å². The lowest BCUT2D eigenvalue weighted by atomic mass is 10.3. The van der Waals surface area contributed by atoms with Gasteiger partial charge in [-0.15, -0.1) is 0 Å². The van der Waals surface area contributed by atoms with Crippen molar-refractivity contribution in [3.8, 4) is 0 Å². The summed E-state index contributed by atoms with van der Waals surface area (Å²) in [5, 5.41) is 14.7. The van der Waals surface area contributed by atoms with Crippen LogP contribution in [0.4, 0.5) is 5.69 Å². The summed E-state index contributed by atoms with van der Waals surface area (Å²) in [6.07, 6.45) is 2.01. The molecule has 0 aromatic carbocycles. The molecule has 0 aliphatic heterocycles. The Morgan fingerprint density at radius 2 is 2.43 bits per heavy atom. The molecule has 0 fully saturated rings. The summed E-state index contributed by atoms with van der Waals surface area (Å²) in [5.74, 6) is 0. The molecule has 1 heterocycles. The van der Waals surface area contributed by atoms with Crippen LogP contribution < -0.4 is 0 Å². The summed E-state index contributed by atoms with van der Waals surface area (Å²) in [6.45, 7) is 2.88. The monoisotopic (exact) mass is 199 g/mol. The molecular formula is C8H13N3O3. The number of hydrogen-bond acceptors (Lipinski definition) is 4. The zero-order valence-corrected chi connectivity index (χ0v) is 8.27. The first-order valence-corrected chi connectivity index (χ1v) is 4.38. The number of hydrogen-bond donors (Lipinski definition) is 0. The SMILES string of the molecule is CCc1nn(CCOC)cc1[N+](=O)[O-]. The molecule has 0 atom stereocenters. The number of aryl methyl sites for hydroxylation is 1. The van der Waals surface area contributed by atoms with Crippen molar-refractivity contribution in [3.63, 3.8) is 0 Å². The number of nitro groups is 1. The van der Waals surface area contributed by atoms with Crippen LogP contribution in [0.15, 0.2) is 6.20 Å². The second-order valence-corrected chi connectivity index (χ2v) is 2.83. The third kappa shape index (κ3) is 2.29. The number of nitrogens with zero attached hydrogens (tertiary/aromatic N) is 3. The van der Waals surface area contributed by atoms with Crippen LogP contribution in [0.2, 0.25) is 0 Å². The molecule has 1 rings (SSSR count). The second-order valence-electron chi connectivity index (χ2n) is 2.83. The standard InChI is InChI=1S/C8H13N3O3/c1-3-7-8(11(12)13)6-10(9-7)4-5-14-2/h6H,3-5H2,1-2H3. The Kier molecular flexibility index (Phi) is 3.58. The fourth-order valence-electron chi connectivity index (χ4n) is 1.15. The van der Waals surface area contributed by atoms with Gasteiger partial charge in [0.05, 0.1) is 18.1 Å². The molecule has 0 amide bonds. The van der Waals surface area contributed by atoms with Gasteiger partial charge in [0.2, 0.25) is 0 Å². The fraction of sp³-hybridized carbons (Fsp3) is 0.625. The Bertz CT molecular complexity index is 322. The van der Waals surface area contributed by atoms with Crippen molar-refractivity contribution in [2.75, 3.05) is 13.7 Å². The minimum atomic E-state index is -0.408. The molecule has 0 N–H and O–H groups in total. The number of methoxy groups -OCH3 is 1. The molecule has 78 valence electrons. The van der Waals surface area contributed by atoms with E-state index in [0.29, 0.717) is 25.3 Å². The summed E-state index contributed by atoms with van der Waals surface area (Å²) >= 11 is 0. The molecule has 0 radical (unpaired) electrons. The van der Waals surface area contributed by atoms with Crippen molar-refractivity contribution in [1.29, 1.82) is 0 Å². The van der Waals surface area contributed by atoms with Gasteiger partial charge in [-0.3, -0.25) is 14.8 Å². The van der Waals surface area contributed by atoms with E-state index in [9.17, 15) is 10.1 Å². The quantitative estimate of drug-likeness (QED) is 0.524. The molecule has 0 aliphatic carbocycles. The van der Waals surface area contributed by atoms with Crippen molar-refractivity contribution in [2.45, 2.75) is 19.9 Å². The Morgan fingerprint density at radius 3 is 2.86 bits per heavy atom. The molecule has 14 heavy (non-hydrogen) atoms. The third-order valence-electron chi connectivity index (χ3n) is 1.87. The molecule has 0 saturated heterocycles. The lowest BCUT2D eigenvalue weighted by Crippen LogP contribution is -2.04. The van der Waals surface area contributed by atoms with E-state index in [-0.39, 0.29) is 5.69 Å². The number of rotatable bonds is 5. The number of aromatic nitrogens is 2. The smallest absolute Gasteiger partial charge is 0.310 e. The molecule has 1 aromatic rings. The second kappa shape index (κ2) is 4.71. The van der Waals surface area contributed by atoms with Crippen molar-refractivity contribution in [3.05, 3.63) is 22.0 Å². The average Bonchev–Trinajstić information content (AvgIpc) is 2.57. The highest BCUT2D eigenvalue weighted by atomic mass is 16.6. The van der Waals surface area contributed by atoms with E-state index in [0.717, 1.165) is 0 Å². The Morgan fingerprint density at radius 1 is 1.71 bits per heavy atom. The predicted octanol–water partition coefficient (Wildman–Crippen LogP) is 1.00. The van der Waals surface area contributed by atoms with Gasteiger partial charge in [0.15, 0.2) is 0 Å². The lowest BCUT2D eigenvalue weighted by molar-refractivity contribution is -0.385. The number of ether oxygens (including phenoxy) is 1. The average molecular weight is 199 g/mol. The van der Waals surface area contributed by atoms with Gasteiger partial charge in [0.25, 0.3) is 0 Å². The highest BCUT2D eigenvalue weighted by Crippen LogP contribution is 2.16. The highest BCUT2D eigenvalue weighted by molar-refractivity contribution is 5.32. The molecule has 6 heteroatoms. The maximum atomic E-state index is 10.6. The minimum Gasteiger partial charge on any atom is -0.383 e. The molecule has 0 unspecified atom stereocenters. The summed E-state index contributed by atoms with van der Waals surface area (Å²) in [4.78, 5) is 10.2. The van der Waals surface area contributed by atoms with Gasteiger partial charge in [0.1, 0.15) is 11.9 Å².